The SMILES string of the molecule is N.[Fe].[Si].[V]. The van der Waals surface area contributed by atoms with Gasteiger partial charge in [0.25, 0.3) is 0 Å². The van der Waals surface area contributed by atoms with Crippen molar-refractivity contribution in [2.45, 2.75) is 0 Å². The van der Waals surface area contributed by atoms with Gasteiger partial charge in [-0.15, -0.1) is 0 Å². The Morgan fingerprint density at radius 2 is 1.00 bits per heavy atom. The fourth-order valence-corrected chi connectivity index (χ4v) is 0. The molecule has 0 aliphatic heterocycles. The largest absolute Gasteiger partial charge is 0.344 e. The van der Waals surface area contributed by atoms with Gasteiger partial charge < -0.3 is 6.15 Å². The van der Waals surface area contributed by atoms with Gasteiger partial charge in [-0.05, 0) is 0 Å². The van der Waals surface area contributed by atoms with Crippen LogP contribution in [0.1, 0.15) is 0 Å². The first-order chi connectivity index (χ1) is 0. The standard InChI is InChI=1S/Fe.H3N.Si.V/h;1H3;;. The maximum Gasteiger partial charge on any atom is 0 e. The Balaban J connectivity index is 0. The van der Waals surface area contributed by atoms with E-state index in [1.807, 2.05) is 0 Å². The third-order valence-electron chi connectivity index (χ3n) is 0. The summed E-state index contributed by atoms with van der Waals surface area (Å²) in [5.74, 6) is 0. The monoisotopic (exact) mass is 152 g/mol. The van der Waals surface area contributed by atoms with Crippen LogP contribution in [-0.2, 0) is 35.6 Å². The average Bonchev–Trinajstić information content (AvgIpc) is 0. The third kappa shape index (κ3) is 10.4. The molecular weight excluding hydrogens is 149 g/mol. The van der Waals surface area contributed by atoms with E-state index in [2.05, 4.69) is 0 Å². The minimum atomic E-state index is 0. The van der Waals surface area contributed by atoms with Gasteiger partial charge in [-0.2, -0.15) is 0 Å². The van der Waals surface area contributed by atoms with Gasteiger partial charge in [0, 0.05) is 46.6 Å². The summed E-state index contributed by atoms with van der Waals surface area (Å²) in [4.78, 5) is 0. The molecule has 4 heavy (non-hydrogen) atoms. The zero-order valence-electron chi connectivity index (χ0n) is 2.01. The van der Waals surface area contributed by atoms with E-state index in [-0.39, 0.29) is 52.7 Å². The van der Waals surface area contributed by atoms with Crippen LogP contribution >= 0.6 is 0 Å². The summed E-state index contributed by atoms with van der Waals surface area (Å²) < 4.78 is 0. The van der Waals surface area contributed by atoms with Crippen molar-refractivity contribution in [3.05, 3.63) is 0 Å². The first kappa shape index (κ1) is 59.0. The van der Waals surface area contributed by atoms with Crippen LogP contribution in [0.25, 0.3) is 0 Å². The molecule has 0 unspecified atom stereocenters. The maximum absolute atomic E-state index is 0. The molecule has 0 aliphatic rings. The molecule has 0 saturated carbocycles. The van der Waals surface area contributed by atoms with Gasteiger partial charge in [0.1, 0.15) is 0 Å². The Kier molecular flexibility index (Phi) is 414. The van der Waals surface area contributed by atoms with Crippen LogP contribution < -0.4 is 6.15 Å². The first-order valence-corrected chi connectivity index (χ1v) is 0. The summed E-state index contributed by atoms with van der Waals surface area (Å²) in [7, 11) is 0. The molecule has 0 amide bonds. The molecule has 5 radical (unpaired) electrons. The molecule has 0 fully saturated rings. The molecular formula is H3FeNSiV. The van der Waals surface area contributed by atoms with Crippen molar-refractivity contribution in [3.63, 3.8) is 0 Å². The van der Waals surface area contributed by atoms with Crippen molar-refractivity contribution >= 4 is 11.0 Å². The van der Waals surface area contributed by atoms with E-state index in [1.165, 1.54) is 0 Å². The van der Waals surface area contributed by atoms with Gasteiger partial charge in [0.15, 0.2) is 0 Å². The first-order valence-electron chi connectivity index (χ1n) is 0. The molecule has 0 saturated heterocycles. The quantitative estimate of drug-likeness (QED) is 0.478. The maximum atomic E-state index is 0. The minimum absolute atomic E-state index is 0. The second-order valence-electron chi connectivity index (χ2n) is 0. The summed E-state index contributed by atoms with van der Waals surface area (Å²) in [5, 5.41) is 0. The molecule has 0 bridgehead atoms. The van der Waals surface area contributed by atoms with E-state index in [0.29, 0.717) is 0 Å². The van der Waals surface area contributed by atoms with Gasteiger partial charge in [0.05, 0.1) is 0 Å². The average molecular weight is 152 g/mol. The van der Waals surface area contributed by atoms with E-state index in [1.54, 1.807) is 0 Å². The van der Waals surface area contributed by atoms with Crippen LogP contribution in [0.15, 0.2) is 0 Å². The third-order valence-corrected chi connectivity index (χ3v) is 0. The fraction of sp³-hybridized carbons (Fsp3) is 0. The molecule has 4 heteroatoms. The smallest absolute Gasteiger partial charge is 0 e. The normalized spacial score (nSPS) is 0. The molecule has 0 heterocycles. The molecule has 3 N–H and O–H groups in total. The molecule has 0 atom stereocenters. The van der Waals surface area contributed by atoms with E-state index >= 15 is 0 Å². The second-order valence-corrected chi connectivity index (χ2v) is 0. The molecule has 0 spiro atoms. The van der Waals surface area contributed by atoms with Gasteiger partial charge >= 0.3 is 0 Å². The van der Waals surface area contributed by atoms with Crippen LogP contribution in [0.2, 0.25) is 0 Å². The van der Waals surface area contributed by atoms with Gasteiger partial charge in [-0.25, -0.2) is 0 Å². The molecule has 0 rings (SSSR count). The molecule has 0 aromatic rings. The Bertz CT molecular complexity index is 8.00. The number of hydrogen-bond donors (Lipinski definition) is 1. The van der Waals surface area contributed by atoms with Crippen molar-refractivity contribution in [2.75, 3.05) is 0 Å². The summed E-state index contributed by atoms with van der Waals surface area (Å²) >= 11 is 0. The Hall–Kier alpha value is 1.28. The van der Waals surface area contributed by atoms with Gasteiger partial charge in [-0.1, -0.05) is 0 Å². The second kappa shape index (κ2) is 28.1. The zero-order chi connectivity index (χ0) is 0. The van der Waals surface area contributed by atoms with E-state index < -0.39 is 0 Å². The molecule has 0 aliphatic carbocycles. The molecule has 0 aromatic carbocycles. The van der Waals surface area contributed by atoms with Crippen LogP contribution in [0.4, 0.5) is 0 Å². The van der Waals surface area contributed by atoms with Crippen molar-refractivity contribution in [2.24, 2.45) is 0 Å². The minimum Gasteiger partial charge on any atom is -0.344 e. The van der Waals surface area contributed by atoms with Crippen LogP contribution in [0.3, 0.4) is 0 Å². The predicted molar refractivity (Wildman–Crippen MR) is 10.8 cm³/mol. The molecule has 25 valence electrons. The summed E-state index contributed by atoms with van der Waals surface area (Å²) in [5.41, 5.74) is 0. The summed E-state index contributed by atoms with van der Waals surface area (Å²) in [6.07, 6.45) is 0. The van der Waals surface area contributed by atoms with Crippen molar-refractivity contribution in [3.8, 4) is 0 Å². The number of hydrogen-bond acceptors (Lipinski definition) is 1. The van der Waals surface area contributed by atoms with Crippen molar-refractivity contribution in [1.82, 2.24) is 6.15 Å². The molecule has 0 aromatic heterocycles. The zero-order valence-corrected chi connectivity index (χ0v) is 5.51. The Labute approximate surface area is 52.9 Å². The topological polar surface area (TPSA) is 35.0 Å². The summed E-state index contributed by atoms with van der Waals surface area (Å²) in [6, 6.07) is 0. The van der Waals surface area contributed by atoms with Crippen LogP contribution in [-0.4, -0.2) is 11.0 Å². The van der Waals surface area contributed by atoms with Gasteiger partial charge in [-0.3, -0.25) is 0 Å². The fourth-order valence-electron chi connectivity index (χ4n) is 0. The van der Waals surface area contributed by atoms with E-state index in [4.69, 9.17) is 0 Å². The van der Waals surface area contributed by atoms with Crippen molar-refractivity contribution in [1.29, 1.82) is 0 Å². The van der Waals surface area contributed by atoms with E-state index in [0.717, 1.165) is 0 Å². The van der Waals surface area contributed by atoms with Gasteiger partial charge in [0.2, 0.25) is 0 Å². The Morgan fingerprint density at radius 1 is 1.00 bits per heavy atom. The van der Waals surface area contributed by atoms with Crippen LogP contribution in [0.5, 0.6) is 0 Å². The molecule has 1 nitrogen and oxygen atoms in total. The van der Waals surface area contributed by atoms with Crippen LogP contribution in [0, 0.1) is 0 Å². The van der Waals surface area contributed by atoms with Crippen molar-refractivity contribution < 1.29 is 35.6 Å². The number of rotatable bonds is 0. The summed E-state index contributed by atoms with van der Waals surface area (Å²) in [6.45, 7) is 0. The Morgan fingerprint density at radius 3 is 1.00 bits per heavy atom. The van der Waals surface area contributed by atoms with E-state index in [9.17, 15) is 0 Å². The predicted octanol–water partition coefficient (Wildman–Crippen LogP) is -0.224.